The molecule has 2 saturated heterocycles. The van der Waals surface area contributed by atoms with Crippen LogP contribution in [0.15, 0.2) is 48.5 Å². The Morgan fingerprint density at radius 2 is 1.64 bits per heavy atom. The Morgan fingerprint density at radius 1 is 0.970 bits per heavy atom. The highest BCUT2D eigenvalue weighted by molar-refractivity contribution is 5.77. The van der Waals surface area contributed by atoms with Crippen LogP contribution in [-0.2, 0) is 31.2 Å². The molecule has 1 spiro atoms. The first-order chi connectivity index (χ1) is 16.1. The van der Waals surface area contributed by atoms with Gasteiger partial charge in [-0.1, -0.05) is 36.4 Å². The minimum Gasteiger partial charge on any atom is -0.343 e. The third-order valence-corrected chi connectivity index (χ3v) is 8.54. The number of nitrogens with zero attached hydrogens (tertiary/aromatic N) is 4. The predicted octanol–water partition coefficient (Wildman–Crippen LogP) is 4.19. The Labute approximate surface area is 196 Å². The normalized spacial score (nSPS) is 20.7. The highest BCUT2D eigenvalue weighted by Crippen LogP contribution is 2.41. The zero-order valence-electron chi connectivity index (χ0n) is 19.7. The van der Waals surface area contributed by atoms with Gasteiger partial charge in [0.05, 0.1) is 17.6 Å². The van der Waals surface area contributed by atoms with Crippen molar-refractivity contribution in [1.82, 2.24) is 19.4 Å². The van der Waals surface area contributed by atoms with Crippen molar-refractivity contribution in [2.75, 3.05) is 26.2 Å². The van der Waals surface area contributed by atoms with Crippen LogP contribution in [0.4, 0.5) is 0 Å². The number of carbonyl (C=O) groups excluding carboxylic acids is 1. The van der Waals surface area contributed by atoms with E-state index < -0.39 is 0 Å². The van der Waals surface area contributed by atoms with E-state index in [9.17, 15) is 4.79 Å². The summed E-state index contributed by atoms with van der Waals surface area (Å²) in [6.45, 7) is 5.04. The fraction of sp³-hybridized carbons (Fsp3) is 0.500. The Kier molecular flexibility index (Phi) is 5.25. The first kappa shape index (κ1) is 20.9. The molecule has 0 radical (unpaired) electrons. The lowest BCUT2D eigenvalue weighted by atomic mass is 9.77. The lowest BCUT2D eigenvalue weighted by molar-refractivity contribution is -0.134. The van der Waals surface area contributed by atoms with Gasteiger partial charge in [-0.2, -0.15) is 0 Å². The zero-order chi connectivity index (χ0) is 22.4. The van der Waals surface area contributed by atoms with Crippen LogP contribution in [0, 0.1) is 11.3 Å². The fourth-order valence-electron chi connectivity index (χ4n) is 6.51. The number of piperidine rings is 1. The molecule has 172 valence electrons. The van der Waals surface area contributed by atoms with E-state index >= 15 is 0 Å². The van der Waals surface area contributed by atoms with Crippen molar-refractivity contribution in [3.05, 3.63) is 65.5 Å². The molecule has 0 unspecified atom stereocenters. The van der Waals surface area contributed by atoms with Gasteiger partial charge in [0.2, 0.25) is 5.91 Å². The summed E-state index contributed by atoms with van der Waals surface area (Å²) < 4.78 is 2.24. The quantitative estimate of drug-likeness (QED) is 0.608. The second kappa shape index (κ2) is 8.28. The van der Waals surface area contributed by atoms with E-state index in [-0.39, 0.29) is 0 Å². The van der Waals surface area contributed by atoms with Gasteiger partial charge in [0.25, 0.3) is 0 Å². The lowest BCUT2D eigenvalue weighted by Gasteiger charge is -2.39. The van der Waals surface area contributed by atoms with E-state index in [4.69, 9.17) is 4.98 Å². The highest BCUT2D eigenvalue weighted by atomic mass is 16.2. The molecule has 1 aromatic heterocycles. The summed E-state index contributed by atoms with van der Waals surface area (Å²) in [6.07, 6.45) is 6.37. The smallest absolute Gasteiger partial charge is 0.222 e. The largest absolute Gasteiger partial charge is 0.343 e. The number of benzene rings is 2. The molecular weight excluding hydrogens is 408 g/mol. The van der Waals surface area contributed by atoms with Crippen LogP contribution in [-0.4, -0.2) is 51.4 Å². The fourth-order valence-corrected chi connectivity index (χ4v) is 6.51. The molecule has 2 aromatic carbocycles. The molecule has 0 bridgehead atoms. The number of amides is 1. The van der Waals surface area contributed by atoms with E-state index in [1.807, 2.05) is 0 Å². The average molecular weight is 443 g/mol. The highest BCUT2D eigenvalue weighted by Gasteiger charge is 2.41. The van der Waals surface area contributed by atoms with Gasteiger partial charge in [-0.15, -0.1) is 0 Å². The van der Waals surface area contributed by atoms with Crippen LogP contribution in [0.25, 0.3) is 11.0 Å². The van der Waals surface area contributed by atoms with Crippen molar-refractivity contribution in [2.45, 2.75) is 45.1 Å². The SMILES string of the molecule is Cn1c(CN2CCC3(CCN(C(=O)CC4Cc5ccccc5C4)CC3)C2)nc2ccccc21. The average Bonchev–Trinajstić information content (AvgIpc) is 3.50. The second-order valence-electron chi connectivity index (χ2n) is 10.7. The van der Waals surface area contributed by atoms with Crippen LogP contribution >= 0.6 is 0 Å². The number of para-hydroxylation sites is 2. The van der Waals surface area contributed by atoms with Crippen molar-refractivity contribution in [2.24, 2.45) is 18.4 Å². The molecule has 6 rings (SSSR count). The first-order valence-electron chi connectivity index (χ1n) is 12.6. The molecule has 3 aliphatic rings. The Bertz CT molecular complexity index is 1150. The lowest BCUT2D eigenvalue weighted by Crippen LogP contribution is -2.44. The van der Waals surface area contributed by atoms with E-state index in [1.54, 1.807) is 0 Å². The molecule has 3 heterocycles. The number of aryl methyl sites for hydroxylation is 1. The summed E-state index contributed by atoms with van der Waals surface area (Å²) in [5, 5.41) is 0. The third-order valence-electron chi connectivity index (χ3n) is 8.54. The Morgan fingerprint density at radius 3 is 2.36 bits per heavy atom. The van der Waals surface area contributed by atoms with E-state index in [1.165, 1.54) is 23.1 Å². The maximum absolute atomic E-state index is 13.0. The van der Waals surface area contributed by atoms with E-state index in [0.29, 0.717) is 23.7 Å². The summed E-state index contributed by atoms with van der Waals surface area (Å²) >= 11 is 0. The molecule has 5 nitrogen and oxygen atoms in total. The standard InChI is InChI=1S/C28H34N4O/c1-30-25-9-5-4-8-24(25)29-26(30)19-31-13-10-28(20-31)11-14-32(15-12-28)27(33)18-21-16-22-6-2-3-7-23(22)17-21/h2-9,21H,10-20H2,1H3. The van der Waals surface area contributed by atoms with Gasteiger partial charge in [-0.3, -0.25) is 9.69 Å². The minimum absolute atomic E-state index is 0.372. The van der Waals surface area contributed by atoms with Crippen LogP contribution in [0.2, 0.25) is 0 Å². The molecule has 2 aliphatic heterocycles. The first-order valence-corrected chi connectivity index (χ1v) is 12.6. The number of aromatic nitrogens is 2. The summed E-state index contributed by atoms with van der Waals surface area (Å²) in [7, 11) is 2.13. The van der Waals surface area contributed by atoms with Crippen molar-refractivity contribution in [3.8, 4) is 0 Å². The van der Waals surface area contributed by atoms with Crippen LogP contribution in [0.1, 0.15) is 42.6 Å². The van der Waals surface area contributed by atoms with Gasteiger partial charge in [-0.05, 0) is 73.2 Å². The summed E-state index contributed by atoms with van der Waals surface area (Å²) in [6, 6.07) is 17.1. The molecule has 0 N–H and O–H groups in total. The molecule has 3 aromatic rings. The van der Waals surface area contributed by atoms with Gasteiger partial charge in [-0.25, -0.2) is 4.98 Å². The van der Waals surface area contributed by atoms with Crippen molar-refractivity contribution >= 4 is 16.9 Å². The molecule has 0 atom stereocenters. The van der Waals surface area contributed by atoms with Crippen LogP contribution in [0.5, 0.6) is 0 Å². The molecule has 33 heavy (non-hydrogen) atoms. The molecular formula is C28H34N4O. The van der Waals surface area contributed by atoms with Crippen molar-refractivity contribution in [3.63, 3.8) is 0 Å². The number of fused-ring (bicyclic) bond motifs is 2. The van der Waals surface area contributed by atoms with Crippen LogP contribution < -0.4 is 0 Å². The van der Waals surface area contributed by atoms with Gasteiger partial charge < -0.3 is 9.47 Å². The van der Waals surface area contributed by atoms with Gasteiger partial charge in [0.15, 0.2) is 0 Å². The Balaban J connectivity index is 1.02. The maximum atomic E-state index is 13.0. The zero-order valence-corrected chi connectivity index (χ0v) is 19.7. The number of hydrogen-bond acceptors (Lipinski definition) is 3. The number of hydrogen-bond donors (Lipinski definition) is 0. The van der Waals surface area contributed by atoms with Gasteiger partial charge >= 0.3 is 0 Å². The molecule has 1 aliphatic carbocycles. The van der Waals surface area contributed by atoms with Gasteiger partial charge in [0, 0.05) is 33.1 Å². The summed E-state index contributed by atoms with van der Waals surface area (Å²) in [5.74, 6) is 2.01. The minimum atomic E-state index is 0.372. The molecule has 0 saturated carbocycles. The molecule has 2 fully saturated rings. The third kappa shape index (κ3) is 3.97. The van der Waals surface area contributed by atoms with Crippen LogP contribution in [0.3, 0.4) is 0 Å². The number of likely N-dealkylation sites (tertiary alicyclic amines) is 2. The predicted molar refractivity (Wildman–Crippen MR) is 131 cm³/mol. The number of rotatable bonds is 4. The monoisotopic (exact) mass is 442 g/mol. The Hall–Kier alpha value is -2.66. The number of carbonyl (C=O) groups is 1. The molecule has 1 amide bonds. The van der Waals surface area contributed by atoms with E-state index in [2.05, 4.69) is 69.9 Å². The second-order valence-corrected chi connectivity index (χ2v) is 10.7. The number of imidazole rings is 1. The van der Waals surface area contributed by atoms with Crippen molar-refractivity contribution < 1.29 is 4.79 Å². The van der Waals surface area contributed by atoms with Crippen molar-refractivity contribution in [1.29, 1.82) is 0 Å². The topological polar surface area (TPSA) is 41.4 Å². The summed E-state index contributed by atoms with van der Waals surface area (Å²) in [5.41, 5.74) is 5.56. The summed E-state index contributed by atoms with van der Waals surface area (Å²) in [4.78, 5) is 22.7. The maximum Gasteiger partial charge on any atom is 0.222 e. The van der Waals surface area contributed by atoms with Gasteiger partial charge in [0.1, 0.15) is 5.82 Å². The van der Waals surface area contributed by atoms with E-state index in [0.717, 1.165) is 69.7 Å². The molecule has 5 heteroatoms.